The SMILES string of the molecule is C[C@H]1COc2nc(-c3cc(O)cc(Cl)c3C3CC3)c(F)c3nc(OC[C@@]45CCCN4C[C@H](F)C5)nc(c23)N1CCC(F)F. The maximum absolute atomic E-state index is 16.7. The molecule has 1 N–H and O–H groups in total. The molecule has 43 heavy (non-hydrogen) atoms. The molecule has 0 spiro atoms. The first kappa shape index (κ1) is 28.6. The number of nitrogens with zero attached hydrogens (tertiary/aromatic N) is 5. The second-order valence-corrected chi connectivity index (χ2v) is 12.6. The Balaban J connectivity index is 1.38. The number of halogens is 5. The minimum Gasteiger partial charge on any atom is -0.508 e. The third kappa shape index (κ3) is 5.09. The molecular formula is C30H32ClF4N5O3. The first-order valence-corrected chi connectivity index (χ1v) is 15.1. The molecule has 0 unspecified atom stereocenters. The van der Waals surface area contributed by atoms with Crippen molar-refractivity contribution in [2.24, 2.45) is 0 Å². The zero-order valence-electron chi connectivity index (χ0n) is 23.6. The van der Waals surface area contributed by atoms with Crippen LogP contribution in [-0.2, 0) is 0 Å². The molecule has 3 aromatic rings. The van der Waals surface area contributed by atoms with Gasteiger partial charge < -0.3 is 19.5 Å². The second-order valence-electron chi connectivity index (χ2n) is 12.2. The van der Waals surface area contributed by atoms with Crippen LogP contribution in [0.3, 0.4) is 0 Å². The minimum absolute atomic E-state index is 0.0529. The summed E-state index contributed by atoms with van der Waals surface area (Å²) in [6, 6.07) is 2.31. The topological polar surface area (TPSA) is 83.8 Å². The molecule has 3 fully saturated rings. The van der Waals surface area contributed by atoms with Crippen LogP contribution >= 0.6 is 11.6 Å². The molecule has 13 heteroatoms. The summed E-state index contributed by atoms with van der Waals surface area (Å²) in [5, 5.41) is 10.8. The fraction of sp³-hybridized carbons (Fsp3) is 0.567. The summed E-state index contributed by atoms with van der Waals surface area (Å²) in [6.45, 7) is 3.04. The molecule has 230 valence electrons. The van der Waals surface area contributed by atoms with E-state index < -0.39 is 36.4 Å². The minimum atomic E-state index is -2.55. The number of pyridine rings is 1. The number of ether oxygens (including phenoxy) is 2. The zero-order valence-corrected chi connectivity index (χ0v) is 24.4. The third-order valence-corrected chi connectivity index (χ3v) is 9.46. The van der Waals surface area contributed by atoms with Gasteiger partial charge in [-0.3, -0.25) is 4.90 Å². The maximum atomic E-state index is 16.7. The van der Waals surface area contributed by atoms with Gasteiger partial charge in [-0.2, -0.15) is 9.97 Å². The van der Waals surface area contributed by atoms with Gasteiger partial charge in [0.05, 0.1) is 11.6 Å². The van der Waals surface area contributed by atoms with Gasteiger partial charge >= 0.3 is 6.01 Å². The Kier molecular flexibility index (Phi) is 7.19. The van der Waals surface area contributed by atoms with Crippen LogP contribution in [0.2, 0.25) is 5.02 Å². The normalized spacial score (nSPS) is 25.3. The number of anilines is 1. The van der Waals surface area contributed by atoms with E-state index in [1.807, 2.05) is 0 Å². The van der Waals surface area contributed by atoms with Crippen molar-refractivity contribution < 1.29 is 32.1 Å². The molecule has 8 nitrogen and oxygen atoms in total. The number of benzene rings is 1. The summed E-state index contributed by atoms with van der Waals surface area (Å²) < 4.78 is 70.0. The van der Waals surface area contributed by atoms with Gasteiger partial charge in [0.1, 0.15) is 47.5 Å². The molecule has 1 aliphatic carbocycles. The molecule has 0 radical (unpaired) electrons. The fourth-order valence-electron chi connectivity index (χ4n) is 6.95. The average molecular weight is 622 g/mol. The van der Waals surface area contributed by atoms with Gasteiger partial charge in [-0.1, -0.05) is 11.6 Å². The predicted octanol–water partition coefficient (Wildman–Crippen LogP) is 6.27. The number of hydrogen-bond donors (Lipinski definition) is 1. The van der Waals surface area contributed by atoms with Crippen LogP contribution < -0.4 is 14.4 Å². The van der Waals surface area contributed by atoms with Gasteiger partial charge in [-0.15, -0.1) is 0 Å². The second kappa shape index (κ2) is 10.8. The van der Waals surface area contributed by atoms with E-state index in [0.29, 0.717) is 29.1 Å². The van der Waals surface area contributed by atoms with E-state index in [2.05, 4.69) is 19.9 Å². The highest BCUT2D eigenvalue weighted by Gasteiger charge is 2.49. The number of phenolic OH excluding ortho intramolecular Hbond substituents is 1. The Morgan fingerprint density at radius 2 is 2.05 bits per heavy atom. The van der Waals surface area contributed by atoms with Gasteiger partial charge in [0.25, 0.3) is 0 Å². The molecule has 5 heterocycles. The summed E-state index contributed by atoms with van der Waals surface area (Å²) >= 11 is 6.52. The Bertz CT molecular complexity index is 1580. The van der Waals surface area contributed by atoms with Crippen molar-refractivity contribution in [1.82, 2.24) is 19.9 Å². The number of fused-ring (bicyclic) bond motifs is 1. The van der Waals surface area contributed by atoms with Crippen LogP contribution in [0.5, 0.6) is 17.6 Å². The van der Waals surface area contributed by atoms with E-state index in [1.54, 1.807) is 11.8 Å². The third-order valence-electron chi connectivity index (χ3n) is 9.15. The van der Waals surface area contributed by atoms with Crippen molar-refractivity contribution in [2.75, 3.05) is 37.7 Å². The standard InChI is InChI=1S/C30H32ClF4N5O3/c1-15-13-42-28-23-26(24(35)25(36-28)19-9-18(41)10-20(31)22(19)16-3-4-16)37-29(38-27(23)40(15)8-5-21(33)34)43-14-30-6-2-7-39(30)12-17(32)11-30/h9-10,15-17,21,41H,2-8,11-14H2,1H3/t15-,17+,30-/m0/s1. The molecule has 1 saturated carbocycles. The molecule has 0 amide bonds. The van der Waals surface area contributed by atoms with Crippen LogP contribution in [0, 0.1) is 5.82 Å². The molecular weight excluding hydrogens is 590 g/mol. The first-order valence-electron chi connectivity index (χ1n) is 14.8. The highest BCUT2D eigenvalue weighted by molar-refractivity contribution is 6.32. The van der Waals surface area contributed by atoms with Gasteiger partial charge in [-0.25, -0.2) is 22.5 Å². The Hall–Kier alpha value is -3.12. The molecule has 2 saturated heterocycles. The van der Waals surface area contributed by atoms with E-state index in [4.69, 9.17) is 21.1 Å². The zero-order chi connectivity index (χ0) is 30.0. The number of rotatable bonds is 8. The monoisotopic (exact) mass is 621 g/mol. The highest BCUT2D eigenvalue weighted by Crippen LogP contribution is 2.50. The maximum Gasteiger partial charge on any atom is 0.319 e. The lowest BCUT2D eigenvalue weighted by atomic mass is 9.95. The number of alkyl halides is 3. The van der Waals surface area contributed by atoms with Crippen molar-refractivity contribution >= 4 is 28.3 Å². The lowest BCUT2D eigenvalue weighted by molar-refractivity contribution is 0.107. The quantitative estimate of drug-likeness (QED) is 0.295. The van der Waals surface area contributed by atoms with Gasteiger partial charge in [0.15, 0.2) is 5.82 Å². The lowest BCUT2D eigenvalue weighted by Gasteiger charge is -2.31. The number of aromatic nitrogens is 3. The largest absolute Gasteiger partial charge is 0.508 e. The lowest BCUT2D eigenvalue weighted by Crippen LogP contribution is -2.43. The summed E-state index contributed by atoms with van der Waals surface area (Å²) in [6.07, 6.45) is -0.207. The van der Waals surface area contributed by atoms with Crippen LogP contribution in [0.15, 0.2) is 12.1 Å². The summed E-state index contributed by atoms with van der Waals surface area (Å²) in [5.41, 5.74) is 0.284. The Labute approximate surface area is 251 Å². The number of aromatic hydroxyl groups is 1. The summed E-state index contributed by atoms with van der Waals surface area (Å²) in [5.74, 6) is -0.597. The van der Waals surface area contributed by atoms with Crippen LogP contribution in [0.1, 0.15) is 56.9 Å². The van der Waals surface area contributed by atoms with Gasteiger partial charge in [0, 0.05) is 36.5 Å². The van der Waals surface area contributed by atoms with E-state index in [1.165, 1.54) is 12.1 Å². The van der Waals surface area contributed by atoms with Crippen molar-refractivity contribution in [1.29, 1.82) is 0 Å². The van der Waals surface area contributed by atoms with Crippen LogP contribution in [-0.4, -0.2) is 82.0 Å². The Morgan fingerprint density at radius 3 is 2.81 bits per heavy atom. The molecule has 1 aromatic carbocycles. The molecule has 2 aromatic heterocycles. The molecule has 0 bridgehead atoms. The molecule has 3 atom stereocenters. The highest BCUT2D eigenvalue weighted by atomic mass is 35.5. The summed E-state index contributed by atoms with van der Waals surface area (Å²) in [4.78, 5) is 17.4. The summed E-state index contributed by atoms with van der Waals surface area (Å²) in [7, 11) is 0. The van der Waals surface area contributed by atoms with Crippen molar-refractivity contribution in [3.05, 3.63) is 28.5 Å². The number of hydrogen-bond acceptors (Lipinski definition) is 8. The van der Waals surface area contributed by atoms with Gasteiger partial charge in [-0.05, 0) is 62.8 Å². The van der Waals surface area contributed by atoms with Crippen molar-refractivity contribution in [3.8, 4) is 28.9 Å². The van der Waals surface area contributed by atoms with E-state index >= 15 is 4.39 Å². The first-order chi connectivity index (χ1) is 20.6. The smallest absolute Gasteiger partial charge is 0.319 e. The Morgan fingerprint density at radius 1 is 1.23 bits per heavy atom. The number of phenols is 1. The van der Waals surface area contributed by atoms with E-state index in [9.17, 15) is 18.3 Å². The van der Waals surface area contributed by atoms with E-state index in [-0.39, 0.29) is 65.7 Å². The van der Waals surface area contributed by atoms with Crippen LogP contribution in [0.4, 0.5) is 23.4 Å². The van der Waals surface area contributed by atoms with E-state index in [0.717, 1.165) is 32.2 Å². The van der Waals surface area contributed by atoms with Crippen molar-refractivity contribution in [3.63, 3.8) is 0 Å². The molecule has 4 aliphatic rings. The molecule has 7 rings (SSSR count). The fourth-order valence-corrected chi connectivity index (χ4v) is 7.32. The average Bonchev–Trinajstić information content (AvgIpc) is 3.66. The van der Waals surface area contributed by atoms with Crippen LogP contribution in [0.25, 0.3) is 22.2 Å². The van der Waals surface area contributed by atoms with Gasteiger partial charge in [0.2, 0.25) is 12.3 Å². The predicted molar refractivity (Wildman–Crippen MR) is 153 cm³/mol. The molecule has 3 aliphatic heterocycles. The van der Waals surface area contributed by atoms with Crippen molar-refractivity contribution in [2.45, 2.75) is 75.5 Å².